The maximum absolute atomic E-state index is 11.3. The van der Waals surface area contributed by atoms with E-state index >= 15 is 0 Å². The Labute approximate surface area is 111 Å². The van der Waals surface area contributed by atoms with Gasteiger partial charge in [-0.15, -0.1) is 0 Å². The van der Waals surface area contributed by atoms with Crippen LogP contribution in [-0.4, -0.2) is 31.2 Å². The highest BCUT2D eigenvalue weighted by atomic mass is 16.5. The maximum Gasteiger partial charge on any atom is 0.325 e. The van der Waals surface area contributed by atoms with Crippen LogP contribution in [0.15, 0.2) is 30.5 Å². The number of aromatic nitrogens is 1. The highest BCUT2D eigenvalue weighted by Gasteiger charge is 2.06. The van der Waals surface area contributed by atoms with Crippen LogP contribution in [0.3, 0.4) is 0 Å². The molecule has 5 nitrogen and oxygen atoms in total. The predicted octanol–water partition coefficient (Wildman–Crippen LogP) is 2.22. The summed E-state index contributed by atoms with van der Waals surface area (Å²) >= 11 is 0. The van der Waals surface area contributed by atoms with Crippen molar-refractivity contribution in [3.05, 3.63) is 30.5 Å². The lowest BCUT2D eigenvalue weighted by atomic mass is 10.1. The van der Waals surface area contributed by atoms with Crippen molar-refractivity contribution in [1.29, 1.82) is 0 Å². The van der Waals surface area contributed by atoms with Crippen LogP contribution in [0.5, 0.6) is 5.75 Å². The molecule has 0 radical (unpaired) electrons. The molecule has 2 rings (SSSR count). The predicted molar refractivity (Wildman–Crippen MR) is 73.4 cm³/mol. The highest BCUT2D eigenvalue weighted by Crippen LogP contribution is 2.25. The van der Waals surface area contributed by atoms with Crippen molar-refractivity contribution in [2.45, 2.75) is 6.92 Å². The summed E-state index contributed by atoms with van der Waals surface area (Å²) in [5.41, 5.74) is 0. The first-order valence-electron chi connectivity index (χ1n) is 6.07. The summed E-state index contributed by atoms with van der Waals surface area (Å²) in [5, 5.41) is 4.92. The number of methoxy groups -OCH3 is 1. The number of pyridine rings is 1. The van der Waals surface area contributed by atoms with E-state index in [9.17, 15) is 4.79 Å². The lowest BCUT2D eigenvalue weighted by Crippen LogP contribution is -2.17. The second-order valence-corrected chi connectivity index (χ2v) is 3.91. The molecule has 1 heterocycles. The fraction of sp³-hybridized carbons (Fsp3) is 0.286. The second kappa shape index (κ2) is 6.04. The van der Waals surface area contributed by atoms with Gasteiger partial charge in [-0.2, -0.15) is 0 Å². The molecule has 5 heteroatoms. The van der Waals surface area contributed by atoms with E-state index in [1.54, 1.807) is 20.2 Å². The Morgan fingerprint density at radius 2 is 2.21 bits per heavy atom. The maximum atomic E-state index is 11.3. The molecule has 1 aromatic heterocycles. The van der Waals surface area contributed by atoms with Gasteiger partial charge >= 0.3 is 5.97 Å². The van der Waals surface area contributed by atoms with Gasteiger partial charge in [0.1, 0.15) is 18.1 Å². The van der Waals surface area contributed by atoms with Gasteiger partial charge in [-0.25, -0.2) is 4.98 Å². The van der Waals surface area contributed by atoms with Crippen molar-refractivity contribution in [1.82, 2.24) is 4.98 Å². The molecular formula is C14H16N2O3. The van der Waals surface area contributed by atoms with Crippen LogP contribution in [0, 0.1) is 0 Å². The van der Waals surface area contributed by atoms with E-state index in [0.717, 1.165) is 16.5 Å². The number of nitrogens with zero attached hydrogens (tertiary/aromatic N) is 1. The Morgan fingerprint density at radius 3 is 2.95 bits per heavy atom. The third kappa shape index (κ3) is 3.13. The van der Waals surface area contributed by atoms with E-state index in [4.69, 9.17) is 9.47 Å². The molecule has 0 bridgehead atoms. The first-order chi connectivity index (χ1) is 9.24. The average Bonchev–Trinajstić information content (AvgIpc) is 2.44. The second-order valence-electron chi connectivity index (χ2n) is 3.91. The summed E-state index contributed by atoms with van der Waals surface area (Å²) in [6.07, 6.45) is 1.70. The fourth-order valence-electron chi connectivity index (χ4n) is 1.78. The number of anilines is 1. The molecule has 0 amide bonds. The van der Waals surface area contributed by atoms with Crippen molar-refractivity contribution < 1.29 is 14.3 Å². The first kappa shape index (κ1) is 13.1. The molecule has 2 aromatic rings. The molecular weight excluding hydrogens is 244 g/mol. The molecule has 0 fully saturated rings. The molecule has 0 aliphatic rings. The van der Waals surface area contributed by atoms with E-state index in [1.165, 1.54) is 0 Å². The van der Waals surface area contributed by atoms with Crippen molar-refractivity contribution in [3.63, 3.8) is 0 Å². The zero-order valence-electron chi connectivity index (χ0n) is 11.0. The van der Waals surface area contributed by atoms with Gasteiger partial charge in [-0.05, 0) is 30.5 Å². The van der Waals surface area contributed by atoms with Crippen LogP contribution >= 0.6 is 0 Å². The third-order valence-electron chi connectivity index (χ3n) is 2.68. The van der Waals surface area contributed by atoms with Gasteiger partial charge in [0.2, 0.25) is 0 Å². The van der Waals surface area contributed by atoms with Gasteiger partial charge in [0.15, 0.2) is 0 Å². The van der Waals surface area contributed by atoms with Crippen molar-refractivity contribution in [2.24, 2.45) is 0 Å². The SMILES string of the molecule is CCOC(=O)CNc1nccc2ccc(OC)cc12. The number of ether oxygens (including phenoxy) is 2. The summed E-state index contributed by atoms with van der Waals surface area (Å²) in [7, 11) is 1.61. The Bertz CT molecular complexity index is 584. The molecule has 19 heavy (non-hydrogen) atoms. The van der Waals surface area contributed by atoms with E-state index in [1.807, 2.05) is 24.3 Å². The van der Waals surface area contributed by atoms with Crippen LogP contribution < -0.4 is 10.1 Å². The Balaban J connectivity index is 2.24. The fourth-order valence-corrected chi connectivity index (χ4v) is 1.78. The summed E-state index contributed by atoms with van der Waals surface area (Å²) in [5.74, 6) is 1.09. The zero-order valence-corrected chi connectivity index (χ0v) is 11.0. The minimum absolute atomic E-state index is 0.0944. The van der Waals surface area contributed by atoms with E-state index in [2.05, 4.69) is 10.3 Å². The molecule has 1 aromatic carbocycles. The standard InChI is InChI=1S/C14H16N2O3/c1-3-19-13(17)9-16-14-12-8-11(18-2)5-4-10(12)6-7-15-14/h4-8H,3,9H2,1-2H3,(H,15,16). The number of benzene rings is 1. The smallest absolute Gasteiger partial charge is 0.325 e. The third-order valence-corrected chi connectivity index (χ3v) is 2.68. The van der Waals surface area contributed by atoms with E-state index in [-0.39, 0.29) is 12.5 Å². The van der Waals surface area contributed by atoms with Gasteiger partial charge in [-0.1, -0.05) is 6.07 Å². The molecule has 0 aliphatic heterocycles. The quantitative estimate of drug-likeness (QED) is 0.835. The van der Waals surface area contributed by atoms with Crippen molar-refractivity contribution in [3.8, 4) is 5.75 Å². The van der Waals surface area contributed by atoms with Gasteiger partial charge in [0, 0.05) is 11.6 Å². The summed E-state index contributed by atoms with van der Waals surface area (Å²) < 4.78 is 10.1. The van der Waals surface area contributed by atoms with Crippen LogP contribution in [0.1, 0.15) is 6.92 Å². The van der Waals surface area contributed by atoms with Crippen LogP contribution in [-0.2, 0) is 9.53 Å². The Hall–Kier alpha value is -2.30. The first-order valence-corrected chi connectivity index (χ1v) is 6.07. The van der Waals surface area contributed by atoms with Crippen LogP contribution in [0.4, 0.5) is 5.82 Å². The van der Waals surface area contributed by atoms with Gasteiger partial charge in [-0.3, -0.25) is 4.79 Å². The number of hydrogen-bond acceptors (Lipinski definition) is 5. The minimum atomic E-state index is -0.302. The number of nitrogens with one attached hydrogen (secondary N) is 1. The molecule has 0 aliphatic carbocycles. The topological polar surface area (TPSA) is 60.5 Å². The largest absolute Gasteiger partial charge is 0.497 e. The van der Waals surface area contributed by atoms with Gasteiger partial charge < -0.3 is 14.8 Å². The number of rotatable bonds is 5. The molecule has 1 N–H and O–H groups in total. The Kier molecular flexibility index (Phi) is 4.18. The molecule has 0 spiro atoms. The molecule has 0 unspecified atom stereocenters. The normalized spacial score (nSPS) is 10.2. The monoisotopic (exact) mass is 260 g/mol. The molecule has 100 valence electrons. The molecule has 0 saturated carbocycles. The lowest BCUT2D eigenvalue weighted by molar-refractivity contribution is -0.140. The zero-order chi connectivity index (χ0) is 13.7. The van der Waals surface area contributed by atoms with Gasteiger partial charge in [0.05, 0.1) is 13.7 Å². The van der Waals surface area contributed by atoms with Crippen molar-refractivity contribution in [2.75, 3.05) is 25.6 Å². The summed E-state index contributed by atoms with van der Waals surface area (Å²) in [6.45, 7) is 2.24. The number of carbonyl (C=O) groups excluding carboxylic acids is 1. The highest BCUT2D eigenvalue weighted by molar-refractivity contribution is 5.93. The molecule has 0 saturated heterocycles. The van der Waals surface area contributed by atoms with Crippen LogP contribution in [0.2, 0.25) is 0 Å². The Morgan fingerprint density at radius 1 is 1.37 bits per heavy atom. The summed E-state index contributed by atoms with van der Waals surface area (Å²) in [6, 6.07) is 7.63. The van der Waals surface area contributed by atoms with E-state index < -0.39 is 0 Å². The molecule has 0 atom stereocenters. The summed E-state index contributed by atoms with van der Waals surface area (Å²) in [4.78, 5) is 15.6. The average molecular weight is 260 g/mol. The van der Waals surface area contributed by atoms with Gasteiger partial charge in [0.25, 0.3) is 0 Å². The van der Waals surface area contributed by atoms with Crippen molar-refractivity contribution >= 4 is 22.6 Å². The minimum Gasteiger partial charge on any atom is -0.497 e. The number of fused-ring (bicyclic) bond motifs is 1. The van der Waals surface area contributed by atoms with E-state index in [0.29, 0.717) is 12.4 Å². The number of hydrogen-bond donors (Lipinski definition) is 1. The van der Waals surface area contributed by atoms with Crippen LogP contribution in [0.25, 0.3) is 10.8 Å². The number of carbonyl (C=O) groups is 1. The number of esters is 1. The lowest BCUT2D eigenvalue weighted by Gasteiger charge is -2.09.